The number of nitrogens with zero attached hydrogens (tertiary/aromatic N) is 2. The predicted octanol–water partition coefficient (Wildman–Crippen LogP) is 4.79. The van der Waals surface area contributed by atoms with Crippen LogP contribution in [0.3, 0.4) is 0 Å². The summed E-state index contributed by atoms with van der Waals surface area (Å²) in [7, 11) is 0. The second kappa shape index (κ2) is 8.10. The zero-order valence-corrected chi connectivity index (χ0v) is 16.3. The first-order valence-corrected chi connectivity index (χ1v) is 9.56. The smallest absolute Gasteiger partial charge is 0.337 e. The number of hydrogen-bond donors (Lipinski definition) is 2. The monoisotopic (exact) mass is 397 g/mol. The van der Waals surface area contributed by atoms with E-state index in [1.165, 1.54) is 0 Å². The fourth-order valence-corrected chi connectivity index (χ4v) is 3.51. The highest BCUT2D eigenvalue weighted by atomic mass is 16.5. The molecule has 6 heteroatoms. The standard InChI is InChI=1S/C24H19N3O3/c1-2-30-24-26-21-17(11-12-20(23(28)29)22(21)27-24)13-15-7-9-16(10-8-15)19-6-4-3-5-18(19)14-25/h3-12H,2,13H2,1H3,(H,26,27)(H,28,29). The van der Waals surface area contributed by atoms with Gasteiger partial charge in [0.05, 0.1) is 34.8 Å². The molecule has 2 N–H and O–H groups in total. The average Bonchev–Trinajstić information content (AvgIpc) is 3.18. The molecule has 0 amide bonds. The maximum absolute atomic E-state index is 11.6. The Morgan fingerprint density at radius 3 is 2.60 bits per heavy atom. The molecular formula is C24H19N3O3. The van der Waals surface area contributed by atoms with Crippen LogP contribution in [0.15, 0.2) is 60.7 Å². The Morgan fingerprint density at radius 2 is 1.90 bits per heavy atom. The van der Waals surface area contributed by atoms with Gasteiger partial charge in [-0.15, -0.1) is 0 Å². The summed E-state index contributed by atoms with van der Waals surface area (Å²) in [5.41, 5.74) is 5.68. The van der Waals surface area contributed by atoms with Crippen LogP contribution < -0.4 is 4.74 Å². The molecule has 6 nitrogen and oxygen atoms in total. The molecule has 1 heterocycles. The number of hydrogen-bond acceptors (Lipinski definition) is 4. The zero-order chi connectivity index (χ0) is 21.1. The van der Waals surface area contributed by atoms with E-state index in [0.29, 0.717) is 35.6 Å². The number of rotatable bonds is 6. The molecule has 1 aromatic heterocycles. The van der Waals surface area contributed by atoms with E-state index >= 15 is 0 Å². The van der Waals surface area contributed by atoms with Gasteiger partial charge in [-0.1, -0.05) is 48.5 Å². The third kappa shape index (κ3) is 3.61. The van der Waals surface area contributed by atoms with Crippen molar-refractivity contribution in [3.8, 4) is 23.2 Å². The van der Waals surface area contributed by atoms with Crippen LogP contribution in [0.2, 0.25) is 0 Å². The number of nitrogens with one attached hydrogen (secondary N) is 1. The van der Waals surface area contributed by atoms with Crippen LogP contribution in [-0.4, -0.2) is 27.7 Å². The van der Waals surface area contributed by atoms with Gasteiger partial charge < -0.3 is 14.8 Å². The van der Waals surface area contributed by atoms with Gasteiger partial charge >= 0.3 is 5.97 Å². The fraction of sp³-hybridized carbons (Fsp3) is 0.125. The van der Waals surface area contributed by atoms with Gasteiger partial charge in [0.2, 0.25) is 0 Å². The summed E-state index contributed by atoms with van der Waals surface area (Å²) >= 11 is 0. The topological polar surface area (TPSA) is 99.0 Å². The number of aromatic carboxylic acids is 1. The Balaban J connectivity index is 1.68. The molecule has 30 heavy (non-hydrogen) atoms. The van der Waals surface area contributed by atoms with E-state index in [4.69, 9.17) is 4.74 Å². The Labute approximate surface area is 173 Å². The minimum absolute atomic E-state index is 0.163. The van der Waals surface area contributed by atoms with Crippen molar-refractivity contribution >= 4 is 17.0 Å². The summed E-state index contributed by atoms with van der Waals surface area (Å²) in [6.07, 6.45) is 0.590. The molecule has 3 aromatic carbocycles. The van der Waals surface area contributed by atoms with Crippen LogP contribution in [-0.2, 0) is 6.42 Å². The summed E-state index contributed by atoms with van der Waals surface area (Å²) in [6.45, 7) is 2.28. The summed E-state index contributed by atoms with van der Waals surface area (Å²) in [5, 5.41) is 18.8. The second-order valence-electron chi connectivity index (χ2n) is 6.81. The number of benzene rings is 3. The lowest BCUT2D eigenvalue weighted by Crippen LogP contribution is -1.99. The van der Waals surface area contributed by atoms with E-state index < -0.39 is 5.97 Å². The third-order valence-corrected chi connectivity index (χ3v) is 4.93. The lowest BCUT2D eigenvalue weighted by molar-refractivity contribution is 0.0699. The quantitative estimate of drug-likeness (QED) is 0.487. The highest BCUT2D eigenvalue weighted by Crippen LogP contribution is 2.27. The molecule has 0 saturated carbocycles. The molecule has 0 saturated heterocycles. The molecule has 0 aliphatic carbocycles. The van der Waals surface area contributed by atoms with E-state index in [1.807, 2.05) is 49.4 Å². The molecular weight excluding hydrogens is 378 g/mol. The number of carbonyl (C=O) groups is 1. The summed E-state index contributed by atoms with van der Waals surface area (Å²) in [4.78, 5) is 19.0. The Bertz CT molecular complexity index is 1270. The van der Waals surface area contributed by atoms with Crippen molar-refractivity contribution in [2.45, 2.75) is 13.3 Å². The Hall–Kier alpha value is -4.11. The van der Waals surface area contributed by atoms with Gasteiger partial charge in [0.25, 0.3) is 6.01 Å². The van der Waals surface area contributed by atoms with Crippen molar-refractivity contribution in [2.24, 2.45) is 0 Å². The fourth-order valence-electron chi connectivity index (χ4n) is 3.51. The van der Waals surface area contributed by atoms with E-state index in [0.717, 1.165) is 22.3 Å². The number of ether oxygens (including phenoxy) is 1. The maximum atomic E-state index is 11.6. The molecule has 0 fully saturated rings. The van der Waals surface area contributed by atoms with Gasteiger partial charge in [-0.3, -0.25) is 0 Å². The first-order chi connectivity index (χ1) is 14.6. The van der Waals surface area contributed by atoms with Crippen molar-refractivity contribution in [3.63, 3.8) is 0 Å². The zero-order valence-electron chi connectivity index (χ0n) is 16.3. The van der Waals surface area contributed by atoms with Gasteiger partial charge in [-0.25, -0.2) is 4.79 Å². The van der Waals surface area contributed by atoms with Crippen LogP contribution in [0.4, 0.5) is 0 Å². The molecule has 0 unspecified atom stereocenters. The normalized spacial score (nSPS) is 10.7. The molecule has 148 valence electrons. The van der Waals surface area contributed by atoms with Crippen molar-refractivity contribution in [2.75, 3.05) is 6.61 Å². The summed E-state index contributed by atoms with van der Waals surface area (Å²) in [6, 6.07) is 21.4. The minimum Gasteiger partial charge on any atom is -0.478 e. The lowest BCUT2D eigenvalue weighted by atomic mass is 9.97. The number of H-pyrrole nitrogens is 1. The van der Waals surface area contributed by atoms with Crippen LogP contribution in [0, 0.1) is 11.3 Å². The van der Waals surface area contributed by atoms with Crippen LogP contribution in [0.25, 0.3) is 22.2 Å². The lowest BCUT2D eigenvalue weighted by Gasteiger charge is -2.08. The number of aromatic amines is 1. The summed E-state index contributed by atoms with van der Waals surface area (Å²) in [5.74, 6) is -1.02. The Kier molecular flexibility index (Phi) is 5.19. The Morgan fingerprint density at radius 1 is 1.13 bits per heavy atom. The number of carboxylic acids is 1. The van der Waals surface area contributed by atoms with E-state index in [1.54, 1.807) is 18.2 Å². The SMILES string of the molecule is CCOc1nc2c(Cc3ccc(-c4ccccc4C#N)cc3)ccc(C(=O)O)c2[nH]1. The average molecular weight is 397 g/mol. The van der Waals surface area contributed by atoms with Gasteiger partial charge in [0.1, 0.15) is 0 Å². The van der Waals surface area contributed by atoms with Crippen LogP contribution in [0.5, 0.6) is 6.01 Å². The van der Waals surface area contributed by atoms with E-state index in [-0.39, 0.29) is 5.56 Å². The van der Waals surface area contributed by atoms with Gasteiger partial charge in [0.15, 0.2) is 0 Å². The molecule has 4 aromatic rings. The number of aromatic nitrogens is 2. The highest BCUT2D eigenvalue weighted by molar-refractivity contribution is 6.02. The molecule has 0 aliphatic heterocycles. The molecule has 0 atom stereocenters. The third-order valence-electron chi connectivity index (χ3n) is 4.93. The van der Waals surface area contributed by atoms with Crippen molar-refractivity contribution < 1.29 is 14.6 Å². The predicted molar refractivity (Wildman–Crippen MR) is 114 cm³/mol. The number of imidazole rings is 1. The maximum Gasteiger partial charge on any atom is 0.337 e. The molecule has 4 rings (SSSR count). The number of nitriles is 1. The van der Waals surface area contributed by atoms with Gasteiger partial charge in [-0.2, -0.15) is 10.2 Å². The van der Waals surface area contributed by atoms with Gasteiger partial charge in [-0.05, 0) is 47.7 Å². The van der Waals surface area contributed by atoms with Crippen molar-refractivity contribution in [3.05, 3.63) is 82.9 Å². The van der Waals surface area contributed by atoms with Crippen molar-refractivity contribution in [1.29, 1.82) is 5.26 Å². The van der Waals surface area contributed by atoms with Crippen LogP contribution >= 0.6 is 0 Å². The van der Waals surface area contributed by atoms with E-state index in [2.05, 4.69) is 16.0 Å². The number of fused-ring (bicyclic) bond motifs is 1. The van der Waals surface area contributed by atoms with E-state index in [9.17, 15) is 15.2 Å². The summed E-state index contributed by atoms with van der Waals surface area (Å²) < 4.78 is 5.43. The van der Waals surface area contributed by atoms with Crippen molar-refractivity contribution in [1.82, 2.24) is 9.97 Å². The first-order valence-electron chi connectivity index (χ1n) is 9.56. The molecule has 0 spiro atoms. The molecule has 0 aliphatic rings. The largest absolute Gasteiger partial charge is 0.478 e. The minimum atomic E-state index is -1.02. The molecule has 0 bridgehead atoms. The highest BCUT2D eigenvalue weighted by Gasteiger charge is 2.17. The molecule has 0 radical (unpaired) electrons. The van der Waals surface area contributed by atoms with Crippen LogP contribution in [0.1, 0.15) is 34.0 Å². The van der Waals surface area contributed by atoms with Gasteiger partial charge in [0, 0.05) is 0 Å². The second-order valence-corrected chi connectivity index (χ2v) is 6.81. The number of carboxylic acid groups (broad SMARTS) is 1. The first kappa shape index (κ1) is 19.2.